The number of carboxylic acid groups (broad SMARTS) is 1. The van der Waals surface area contributed by atoms with Crippen molar-refractivity contribution in [1.29, 1.82) is 0 Å². The average molecular weight is 348 g/mol. The molecule has 7 heteroatoms. The summed E-state index contributed by atoms with van der Waals surface area (Å²) in [6.45, 7) is 3.49. The van der Waals surface area contributed by atoms with Crippen LogP contribution in [0.2, 0.25) is 0 Å². The van der Waals surface area contributed by atoms with Gasteiger partial charge in [-0.3, -0.25) is 4.79 Å². The van der Waals surface area contributed by atoms with Crippen molar-refractivity contribution in [2.24, 2.45) is 5.92 Å². The number of amides is 1. The Morgan fingerprint density at radius 2 is 1.96 bits per heavy atom. The summed E-state index contributed by atoms with van der Waals surface area (Å²) in [6.07, 6.45) is 0.606. The van der Waals surface area contributed by atoms with Gasteiger partial charge in [-0.1, -0.05) is 26.0 Å². The van der Waals surface area contributed by atoms with E-state index in [9.17, 15) is 9.59 Å². The second-order valence-electron chi connectivity index (χ2n) is 5.68. The van der Waals surface area contributed by atoms with E-state index in [2.05, 4.69) is 10.3 Å². The van der Waals surface area contributed by atoms with E-state index in [1.54, 1.807) is 26.3 Å². The third kappa shape index (κ3) is 4.55. The monoisotopic (exact) mass is 348 g/mol. The van der Waals surface area contributed by atoms with Gasteiger partial charge >= 0.3 is 5.97 Å². The van der Waals surface area contributed by atoms with Gasteiger partial charge in [-0.05, 0) is 23.6 Å². The van der Waals surface area contributed by atoms with Gasteiger partial charge in [-0.2, -0.15) is 0 Å². The Hall–Kier alpha value is -2.41. The van der Waals surface area contributed by atoms with Crippen molar-refractivity contribution in [3.63, 3.8) is 0 Å². The van der Waals surface area contributed by atoms with Gasteiger partial charge in [0.15, 0.2) is 0 Å². The third-order valence-electron chi connectivity index (χ3n) is 3.52. The SMILES string of the molecule is COc1ccc(Cc2nc(C(=O)NC(C(=O)O)C(C)C)cs2)cc1. The number of carbonyl (C=O) groups excluding carboxylic acids is 1. The fourth-order valence-corrected chi connectivity index (χ4v) is 2.95. The van der Waals surface area contributed by atoms with E-state index in [-0.39, 0.29) is 11.6 Å². The number of carboxylic acids is 1. The molecule has 6 nitrogen and oxygen atoms in total. The first kappa shape index (κ1) is 17.9. The molecule has 1 unspecified atom stereocenters. The van der Waals surface area contributed by atoms with E-state index in [1.807, 2.05) is 24.3 Å². The van der Waals surface area contributed by atoms with E-state index in [4.69, 9.17) is 9.84 Å². The highest BCUT2D eigenvalue weighted by Gasteiger charge is 2.24. The minimum Gasteiger partial charge on any atom is -0.497 e. The first-order valence-electron chi connectivity index (χ1n) is 7.51. The summed E-state index contributed by atoms with van der Waals surface area (Å²) < 4.78 is 5.12. The Morgan fingerprint density at radius 1 is 1.29 bits per heavy atom. The minimum atomic E-state index is -1.05. The molecule has 1 aromatic carbocycles. The van der Waals surface area contributed by atoms with E-state index in [0.29, 0.717) is 6.42 Å². The van der Waals surface area contributed by atoms with Gasteiger partial charge in [0.2, 0.25) is 0 Å². The number of aliphatic carboxylic acids is 1. The number of carbonyl (C=O) groups is 2. The molecule has 0 fully saturated rings. The molecule has 0 saturated carbocycles. The van der Waals surface area contributed by atoms with Crippen LogP contribution in [0.3, 0.4) is 0 Å². The first-order chi connectivity index (χ1) is 11.4. The van der Waals surface area contributed by atoms with Crippen LogP contribution in [-0.4, -0.2) is 35.1 Å². The highest BCUT2D eigenvalue weighted by atomic mass is 32.1. The highest BCUT2D eigenvalue weighted by molar-refractivity contribution is 7.09. The van der Waals surface area contributed by atoms with Crippen LogP contribution < -0.4 is 10.1 Å². The zero-order valence-corrected chi connectivity index (χ0v) is 14.6. The Kier molecular flexibility index (Phi) is 5.92. The molecule has 24 heavy (non-hydrogen) atoms. The van der Waals surface area contributed by atoms with Crippen molar-refractivity contribution in [2.75, 3.05) is 7.11 Å². The Balaban J connectivity index is 2.03. The van der Waals surface area contributed by atoms with E-state index in [0.717, 1.165) is 16.3 Å². The lowest BCUT2D eigenvalue weighted by atomic mass is 10.0. The molecule has 128 valence electrons. The summed E-state index contributed by atoms with van der Waals surface area (Å²) in [6, 6.07) is 6.70. The normalized spacial score (nSPS) is 12.0. The molecular weight excluding hydrogens is 328 g/mol. The van der Waals surface area contributed by atoms with Crippen LogP contribution in [0.25, 0.3) is 0 Å². The maximum absolute atomic E-state index is 12.2. The molecule has 2 aromatic rings. The molecule has 1 aromatic heterocycles. The van der Waals surface area contributed by atoms with Gasteiger partial charge in [0.1, 0.15) is 17.5 Å². The van der Waals surface area contributed by atoms with Crippen LogP contribution in [0.15, 0.2) is 29.6 Å². The molecule has 0 aliphatic carbocycles. The molecule has 0 aliphatic rings. The van der Waals surface area contributed by atoms with Gasteiger partial charge in [0.05, 0.1) is 12.1 Å². The molecule has 0 saturated heterocycles. The molecule has 0 aliphatic heterocycles. The van der Waals surface area contributed by atoms with Gasteiger partial charge < -0.3 is 15.2 Å². The summed E-state index contributed by atoms with van der Waals surface area (Å²) in [7, 11) is 1.61. The molecule has 1 atom stereocenters. The summed E-state index contributed by atoms with van der Waals surface area (Å²) >= 11 is 1.38. The Morgan fingerprint density at radius 3 is 2.50 bits per heavy atom. The van der Waals surface area contributed by atoms with Crippen molar-refractivity contribution in [1.82, 2.24) is 10.3 Å². The first-order valence-corrected chi connectivity index (χ1v) is 8.39. The molecule has 2 N–H and O–H groups in total. The van der Waals surface area contributed by atoms with E-state index < -0.39 is 17.9 Å². The number of rotatable bonds is 7. The topological polar surface area (TPSA) is 88.5 Å². The number of hydrogen-bond acceptors (Lipinski definition) is 5. The molecule has 0 radical (unpaired) electrons. The summed E-state index contributed by atoms with van der Waals surface area (Å²) in [5.74, 6) is -0.935. The smallest absolute Gasteiger partial charge is 0.326 e. The number of benzene rings is 1. The minimum absolute atomic E-state index is 0.205. The lowest BCUT2D eigenvalue weighted by Gasteiger charge is -2.16. The van der Waals surface area contributed by atoms with Gasteiger partial charge in [0, 0.05) is 11.8 Å². The molecule has 1 heterocycles. The van der Waals surface area contributed by atoms with Gasteiger partial charge in [-0.25, -0.2) is 9.78 Å². The predicted octanol–water partition coefficient (Wildman–Crippen LogP) is 2.58. The van der Waals surface area contributed by atoms with Crippen molar-refractivity contribution < 1.29 is 19.4 Å². The summed E-state index contributed by atoms with van der Waals surface area (Å²) in [4.78, 5) is 27.6. The Labute approximate surface area is 144 Å². The number of aromatic nitrogens is 1. The lowest BCUT2D eigenvalue weighted by Crippen LogP contribution is -2.44. The van der Waals surface area contributed by atoms with Crippen LogP contribution in [0, 0.1) is 5.92 Å². The summed E-state index contributed by atoms with van der Waals surface area (Å²) in [5.41, 5.74) is 1.30. The van der Waals surface area contributed by atoms with Crippen LogP contribution in [-0.2, 0) is 11.2 Å². The van der Waals surface area contributed by atoms with E-state index >= 15 is 0 Å². The van der Waals surface area contributed by atoms with Gasteiger partial charge in [0.25, 0.3) is 5.91 Å². The Bertz CT molecular complexity index is 710. The molecule has 1 amide bonds. The fourth-order valence-electron chi connectivity index (χ4n) is 2.14. The standard InChI is InChI=1S/C17H20N2O4S/c1-10(2)15(17(21)22)19-16(20)13-9-24-14(18-13)8-11-4-6-12(23-3)7-5-11/h4-7,9-10,15H,8H2,1-3H3,(H,19,20)(H,21,22). The average Bonchev–Trinajstić information content (AvgIpc) is 3.01. The largest absolute Gasteiger partial charge is 0.497 e. The number of methoxy groups -OCH3 is 1. The van der Waals surface area contributed by atoms with Crippen molar-refractivity contribution in [3.8, 4) is 5.75 Å². The number of nitrogens with zero attached hydrogens (tertiary/aromatic N) is 1. The molecule has 0 spiro atoms. The van der Waals surface area contributed by atoms with Crippen LogP contribution in [0.1, 0.15) is 34.9 Å². The third-order valence-corrected chi connectivity index (χ3v) is 4.37. The molecule has 0 bridgehead atoms. The second-order valence-corrected chi connectivity index (χ2v) is 6.63. The van der Waals surface area contributed by atoms with Crippen LogP contribution >= 0.6 is 11.3 Å². The lowest BCUT2D eigenvalue weighted by molar-refractivity contribution is -0.140. The predicted molar refractivity (Wildman–Crippen MR) is 91.6 cm³/mol. The van der Waals surface area contributed by atoms with E-state index in [1.165, 1.54) is 11.3 Å². The maximum atomic E-state index is 12.2. The second kappa shape index (κ2) is 7.92. The molecule has 2 rings (SSSR count). The highest BCUT2D eigenvalue weighted by Crippen LogP contribution is 2.18. The van der Waals surface area contributed by atoms with Crippen molar-refractivity contribution in [3.05, 3.63) is 45.9 Å². The maximum Gasteiger partial charge on any atom is 0.326 e. The quantitative estimate of drug-likeness (QED) is 0.803. The van der Waals surface area contributed by atoms with Gasteiger partial charge in [-0.15, -0.1) is 11.3 Å². The van der Waals surface area contributed by atoms with Crippen LogP contribution in [0.4, 0.5) is 0 Å². The zero-order valence-electron chi connectivity index (χ0n) is 13.8. The van der Waals surface area contributed by atoms with Crippen molar-refractivity contribution >= 4 is 23.2 Å². The fraction of sp³-hybridized carbons (Fsp3) is 0.353. The number of ether oxygens (including phenoxy) is 1. The number of thiazole rings is 1. The zero-order chi connectivity index (χ0) is 17.7. The number of hydrogen-bond donors (Lipinski definition) is 2. The molecular formula is C17H20N2O4S. The summed E-state index contributed by atoms with van der Waals surface area (Å²) in [5, 5.41) is 14.1. The number of nitrogens with one attached hydrogen (secondary N) is 1. The van der Waals surface area contributed by atoms with Crippen LogP contribution in [0.5, 0.6) is 5.75 Å². The van der Waals surface area contributed by atoms with Crippen molar-refractivity contribution in [2.45, 2.75) is 26.3 Å².